The Labute approximate surface area is 176 Å². The number of terminal acetylenes is 1. The molecule has 0 bridgehead atoms. The molecule has 0 fully saturated rings. The van der Waals surface area contributed by atoms with Gasteiger partial charge < -0.3 is 15.5 Å². The van der Waals surface area contributed by atoms with E-state index >= 15 is 0 Å². The van der Waals surface area contributed by atoms with Gasteiger partial charge >= 0.3 is 0 Å². The third kappa shape index (κ3) is 9.94. The summed E-state index contributed by atoms with van der Waals surface area (Å²) in [7, 11) is 5.92. The lowest BCUT2D eigenvalue weighted by molar-refractivity contribution is 0.378. The summed E-state index contributed by atoms with van der Waals surface area (Å²) < 4.78 is 0. The summed E-state index contributed by atoms with van der Waals surface area (Å²) >= 11 is 6.39. The van der Waals surface area contributed by atoms with Crippen molar-refractivity contribution in [3.8, 4) is 12.5 Å². The van der Waals surface area contributed by atoms with E-state index in [2.05, 4.69) is 64.7 Å². The fourth-order valence-electron chi connectivity index (χ4n) is 3.21. The summed E-state index contributed by atoms with van der Waals surface area (Å²) in [6.45, 7) is 6.74. The van der Waals surface area contributed by atoms with Gasteiger partial charge in [-0.15, -0.1) is 0 Å². The Morgan fingerprint density at radius 3 is 2.50 bits per heavy atom. The van der Waals surface area contributed by atoms with Gasteiger partial charge in [-0.1, -0.05) is 62.2 Å². The maximum Gasteiger partial charge on any atom is 0.0510 e. The van der Waals surface area contributed by atoms with E-state index in [0.29, 0.717) is 6.54 Å². The van der Waals surface area contributed by atoms with Crippen LogP contribution in [0.2, 0.25) is 0 Å². The molecule has 0 atom stereocenters. The van der Waals surface area contributed by atoms with Gasteiger partial charge in [0.2, 0.25) is 0 Å². The van der Waals surface area contributed by atoms with Crippen molar-refractivity contribution in [1.29, 1.82) is 0 Å². The highest BCUT2D eigenvalue weighted by molar-refractivity contribution is 6.30. The van der Waals surface area contributed by atoms with Crippen molar-refractivity contribution in [1.82, 2.24) is 15.5 Å². The van der Waals surface area contributed by atoms with Crippen LogP contribution in [0.4, 0.5) is 0 Å². The van der Waals surface area contributed by atoms with Gasteiger partial charge in [0.05, 0.1) is 5.03 Å². The molecule has 0 aliphatic carbocycles. The Balaban J connectivity index is 2.57. The second-order valence-electron chi connectivity index (χ2n) is 8.11. The van der Waals surface area contributed by atoms with Gasteiger partial charge in [0.25, 0.3) is 0 Å². The Bertz CT molecular complexity index is 684. The van der Waals surface area contributed by atoms with Gasteiger partial charge in [0.15, 0.2) is 0 Å². The highest BCUT2D eigenvalue weighted by atomic mass is 35.5. The fraction of sp³-hybridized carbons (Fsp3) is 0.522. The van der Waals surface area contributed by atoms with Crippen LogP contribution in [0.5, 0.6) is 0 Å². The van der Waals surface area contributed by atoms with E-state index in [1.54, 1.807) is 0 Å². The summed E-state index contributed by atoms with van der Waals surface area (Å²) in [6.07, 6.45) is 8.14. The molecule has 0 saturated heterocycles. The Kier molecular flexibility index (Phi) is 10.9. The van der Waals surface area contributed by atoms with E-state index in [1.807, 2.05) is 27.2 Å². The number of nitrogens with zero attached hydrogens (tertiary/aromatic N) is 2. The molecule has 0 saturated carbocycles. The monoisotopic (exact) mass is 402 g/mol. The maximum absolute atomic E-state index is 6.39. The molecular weight excluding hydrogens is 368 g/mol. The second kappa shape index (κ2) is 12.6. The van der Waals surface area contributed by atoms with Gasteiger partial charge in [-0.2, -0.15) is 0 Å². The normalized spacial score (nSPS) is 13.3. The summed E-state index contributed by atoms with van der Waals surface area (Å²) in [4.78, 5) is 6.34. The van der Waals surface area contributed by atoms with E-state index in [4.69, 9.17) is 18.0 Å². The fourth-order valence-corrected chi connectivity index (χ4v) is 3.64. The van der Waals surface area contributed by atoms with Crippen molar-refractivity contribution < 1.29 is 0 Å². The van der Waals surface area contributed by atoms with Gasteiger partial charge in [-0.25, -0.2) is 4.99 Å². The Morgan fingerprint density at radius 2 is 1.93 bits per heavy atom. The van der Waals surface area contributed by atoms with E-state index in [0.717, 1.165) is 48.8 Å². The molecule has 1 aromatic rings. The number of benzene rings is 1. The molecule has 4 nitrogen and oxygen atoms in total. The average molecular weight is 403 g/mol. The molecular formula is C23H35ClN4. The van der Waals surface area contributed by atoms with Crippen LogP contribution in [0.25, 0.3) is 0 Å². The Hall–Kier alpha value is -1.80. The molecule has 154 valence electrons. The van der Waals surface area contributed by atoms with E-state index < -0.39 is 0 Å². The molecule has 0 amide bonds. The molecule has 0 heterocycles. The highest BCUT2D eigenvalue weighted by Crippen LogP contribution is 2.26. The number of likely N-dealkylation sites (N-methyl/N-ethyl adjacent to an activating group) is 1. The smallest absolute Gasteiger partial charge is 0.0510 e. The van der Waals surface area contributed by atoms with Crippen molar-refractivity contribution in [2.24, 2.45) is 10.4 Å². The quantitative estimate of drug-likeness (QED) is 0.316. The zero-order valence-corrected chi connectivity index (χ0v) is 18.7. The van der Waals surface area contributed by atoms with Crippen molar-refractivity contribution in [3.05, 3.63) is 46.6 Å². The first-order chi connectivity index (χ1) is 13.3. The number of hydrogen-bond acceptors (Lipinski definition) is 4. The molecule has 28 heavy (non-hydrogen) atoms. The topological polar surface area (TPSA) is 39.7 Å². The van der Waals surface area contributed by atoms with E-state index in [9.17, 15) is 0 Å². The number of halogens is 1. The summed E-state index contributed by atoms with van der Waals surface area (Å²) in [5.74, 6) is 0. The van der Waals surface area contributed by atoms with Crippen LogP contribution in [0.15, 0.2) is 46.1 Å². The number of nitrogens with one attached hydrogen (secondary N) is 2. The first-order valence-electron chi connectivity index (χ1n) is 9.73. The summed E-state index contributed by atoms with van der Waals surface area (Å²) in [6, 6.07) is 13.0. The lowest BCUT2D eigenvalue weighted by Gasteiger charge is -2.25. The molecule has 0 spiro atoms. The van der Waals surface area contributed by atoms with Gasteiger partial charge in [0, 0.05) is 50.6 Å². The van der Waals surface area contributed by atoms with Crippen molar-refractivity contribution in [2.45, 2.75) is 33.1 Å². The van der Waals surface area contributed by atoms with Gasteiger partial charge in [0.1, 0.15) is 0 Å². The summed E-state index contributed by atoms with van der Waals surface area (Å²) in [5.41, 5.74) is 3.49. The molecule has 0 unspecified atom stereocenters. The first kappa shape index (κ1) is 24.2. The predicted molar refractivity (Wildman–Crippen MR) is 123 cm³/mol. The summed E-state index contributed by atoms with van der Waals surface area (Å²) in [5, 5.41) is 7.50. The van der Waals surface area contributed by atoms with Crippen LogP contribution in [0, 0.1) is 17.9 Å². The largest absolute Gasteiger partial charge is 0.390 e. The zero-order valence-electron chi connectivity index (χ0n) is 18.0. The lowest BCUT2D eigenvalue weighted by Crippen LogP contribution is -2.30. The third-order valence-electron chi connectivity index (χ3n) is 4.40. The van der Waals surface area contributed by atoms with Crippen LogP contribution in [-0.2, 0) is 6.42 Å². The molecule has 0 aliphatic rings. The number of rotatable bonds is 12. The Morgan fingerprint density at radius 1 is 1.25 bits per heavy atom. The number of hydrogen-bond donors (Lipinski definition) is 2. The van der Waals surface area contributed by atoms with Crippen LogP contribution < -0.4 is 10.6 Å². The first-order valence-corrected chi connectivity index (χ1v) is 10.1. The highest BCUT2D eigenvalue weighted by Gasteiger charge is 2.21. The minimum Gasteiger partial charge on any atom is -0.390 e. The van der Waals surface area contributed by atoms with Crippen molar-refractivity contribution in [2.75, 3.05) is 40.8 Å². The third-order valence-corrected chi connectivity index (χ3v) is 4.74. The predicted octanol–water partition coefficient (Wildman–Crippen LogP) is 3.89. The molecule has 5 heteroatoms. The van der Waals surface area contributed by atoms with Gasteiger partial charge in [-0.3, -0.25) is 0 Å². The van der Waals surface area contributed by atoms with Crippen LogP contribution in [0.3, 0.4) is 0 Å². The lowest BCUT2D eigenvalue weighted by atomic mass is 9.81. The molecule has 1 rings (SSSR count). The van der Waals surface area contributed by atoms with Gasteiger partial charge in [-0.05, 0) is 37.9 Å². The minimum absolute atomic E-state index is 0.0871. The van der Waals surface area contributed by atoms with Crippen LogP contribution >= 0.6 is 11.6 Å². The van der Waals surface area contributed by atoms with Crippen LogP contribution in [-0.4, -0.2) is 51.4 Å². The molecule has 0 radical (unpaired) electrons. The maximum atomic E-state index is 6.39. The number of aliphatic imine (C=N–C) groups is 1. The van der Waals surface area contributed by atoms with E-state index in [1.165, 1.54) is 5.56 Å². The van der Waals surface area contributed by atoms with Crippen molar-refractivity contribution >= 4 is 17.3 Å². The minimum atomic E-state index is 0.0871. The molecule has 2 N–H and O–H groups in total. The van der Waals surface area contributed by atoms with E-state index in [-0.39, 0.29) is 5.41 Å². The zero-order chi connectivity index (χ0) is 21.0. The van der Waals surface area contributed by atoms with Crippen LogP contribution in [0.1, 0.15) is 32.3 Å². The average Bonchev–Trinajstić information content (AvgIpc) is 2.61. The molecule has 1 aromatic carbocycles. The molecule has 0 aromatic heterocycles. The van der Waals surface area contributed by atoms with Crippen molar-refractivity contribution in [3.63, 3.8) is 0 Å². The standard InChI is InChI=1S/C23H35ClN4/c1-7-27-20(16-23(2,3)15-19-11-9-8-10-12-19)17-26-14-13-22(25-4)21(24)18-28(5)6/h1,8-12,25-26H,13-18H2,2-6H3/b22-21+,27-20?. The molecule has 0 aliphatic heterocycles. The SMILES string of the molecule is C#CN=C(CNCC/C(NC)=C(\Cl)CN(C)C)CC(C)(C)Cc1ccccc1. The second-order valence-corrected chi connectivity index (χ2v) is 8.56.